The van der Waals surface area contributed by atoms with Gasteiger partial charge in [0.15, 0.2) is 14.0 Å². The van der Waals surface area contributed by atoms with Crippen LogP contribution in [0.25, 0.3) is 16.9 Å². The first-order valence-corrected chi connectivity index (χ1v) is 17.3. The quantitative estimate of drug-likeness (QED) is 0.266. The van der Waals surface area contributed by atoms with Crippen molar-refractivity contribution in [1.82, 2.24) is 19.5 Å². The summed E-state index contributed by atoms with van der Waals surface area (Å²) >= 11 is 0. The number of ether oxygens (including phenoxy) is 3. The third-order valence-corrected chi connectivity index (χ3v) is 12.0. The lowest BCUT2D eigenvalue weighted by Gasteiger charge is -2.40. The van der Waals surface area contributed by atoms with Crippen LogP contribution in [0.4, 0.5) is 4.79 Å². The third-order valence-electron chi connectivity index (χ3n) is 7.45. The Hall–Kier alpha value is -3.31. The molecule has 1 amide bonds. The van der Waals surface area contributed by atoms with Gasteiger partial charge in [-0.2, -0.15) is 0 Å². The Morgan fingerprint density at radius 1 is 1.07 bits per heavy atom. The maximum atomic E-state index is 12.9. The van der Waals surface area contributed by atoms with Gasteiger partial charge in [-0.25, -0.2) is 14.3 Å². The van der Waals surface area contributed by atoms with Crippen molar-refractivity contribution in [3.05, 3.63) is 46.4 Å². The summed E-state index contributed by atoms with van der Waals surface area (Å²) in [5, 5.41) is 2.96. The molecule has 42 heavy (non-hydrogen) atoms. The Labute approximate surface area is 250 Å². The minimum Gasteiger partial charge on any atom is -0.497 e. The number of hydrogen-bond donors (Lipinski definition) is 1. The number of benzene rings is 1. The Kier molecular flexibility index (Phi) is 9.88. The van der Waals surface area contributed by atoms with Crippen LogP contribution < -0.4 is 15.0 Å². The van der Waals surface area contributed by atoms with E-state index >= 15 is 0 Å². The number of nitrogens with one attached hydrogen (secondary N) is 1. The molecule has 0 saturated carbocycles. The first kappa shape index (κ1) is 33.2. The van der Waals surface area contributed by atoms with Crippen molar-refractivity contribution < 1.29 is 23.4 Å². The molecule has 11 heteroatoms. The van der Waals surface area contributed by atoms with Crippen LogP contribution in [0, 0.1) is 0 Å². The molecule has 0 fully saturated rings. The van der Waals surface area contributed by atoms with E-state index in [4.69, 9.17) is 23.6 Å². The van der Waals surface area contributed by atoms with Gasteiger partial charge in [-0.1, -0.05) is 34.6 Å². The van der Waals surface area contributed by atoms with Gasteiger partial charge < -0.3 is 23.5 Å². The highest BCUT2D eigenvalue weighted by Crippen LogP contribution is 2.37. The van der Waals surface area contributed by atoms with Crippen LogP contribution in [-0.4, -0.2) is 72.9 Å². The molecule has 0 spiro atoms. The topological polar surface area (TPSA) is 107 Å². The molecule has 1 unspecified atom stereocenters. The van der Waals surface area contributed by atoms with Crippen LogP contribution in [0.3, 0.4) is 0 Å². The second-order valence-electron chi connectivity index (χ2n) is 13.6. The largest absolute Gasteiger partial charge is 0.497 e. The van der Waals surface area contributed by atoms with Crippen molar-refractivity contribution in [3.8, 4) is 22.8 Å². The minimum atomic E-state index is -2.21. The predicted octanol–water partition coefficient (Wildman–Crippen LogP) is 6.46. The molecule has 3 rings (SSSR count). The molecule has 1 atom stereocenters. The number of methoxy groups -OCH3 is 1. The average Bonchev–Trinajstić information content (AvgIpc) is 3.30. The molecule has 0 radical (unpaired) electrons. The number of amides is 1. The van der Waals surface area contributed by atoms with Gasteiger partial charge in [-0.05, 0) is 57.0 Å². The predicted molar refractivity (Wildman–Crippen MR) is 168 cm³/mol. The second-order valence-corrected chi connectivity index (χ2v) is 18.3. The lowest BCUT2D eigenvalue weighted by Crippen LogP contribution is -2.49. The molecule has 1 N–H and O–H groups in total. The molecular weight excluding hydrogens is 552 g/mol. The number of hydrogen-bond acceptors (Lipinski definition) is 7. The van der Waals surface area contributed by atoms with E-state index < -0.39 is 26.1 Å². The molecule has 1 aromatic carbocycles. The van der Waals surface area contributed by atoms with Gasteiger partial charge in [0.1, 0.15) is 23.7 Å². The average molecular weight is 601 g/mol. The van der Waals surface area contributed by atoms with E-state index in [2.05, 4.69) is 52.8 Å². The van der Waals surface area contributed by atoms with Crippen LogP contribution in [0.1, 0.15) is 66.9 Å². The SMILES string of the molecule is COc1cc(OCC(CN(C)C(=O)OC(C)(C)C)O[Si](C)(C)C(C)(C)C)cc(-c2cc(=O)n3[nH]cc(C(C)C)c3n2)c1. The summed E-state index contributed by atoms with van der Waals surface area (Å²) in [5.74, 6) is 1.29. The third kappa shape index (κ3) is 8.16. The minimum absolute atomic E-state index is 0.0374. The van der Waals surface area contributed by atoms with Crippen LogP contribution in [-0.2, 0) is 9.16 Å². The van der Waals surface area contributed by atoms with Gasteiger partial charge in [0.25, 0.3) is 5.56 Å². The first-order chi connectivity index (χ1) is 19.3. The molecule has 2 heterocycles. The monoisotopic (exact) mass is 600 g/mol. The number of aromatic amines is 1. The smallest absolute Gasteiger partial charge is 0.410 e. The van der Waals surface area contributed by atoms with Gasteiger partial charge in [0.05, 0.1) is 25.5 Å². The Bertz CT molecular complexity index is 1450. The molecule has 0 aliphatic rings. The molecule has 10 nitrogen and oxygen atoms in total. The van der Waals surface area contributed by atoms with Gasteiger partial charge in [0, 0.05) is 36.5 Å². The second kappa shape index (κ2) is 12.5. The van der Waals surface area contributed by atoms with Crippen LogP contribution in [0.2, 0.25) is 18.1 Å². The van der Waals surface area contributed by atoms with Crippen molar-refractivity contribution >= 4 is 20.1 Å². The number of likely N-dealkylation sites (N-methyl/N-ethyl adjacent to an activating group) is 1. The molecule has 0 saturated heterocycles. The Balaban J connectivity index is 1.92. The molecule has 0 aliphatic heterocycles. The first-order valence-electron chi connectivity index (χ1n) is 14.4. The molecule has 0 bridgehead atoms. The normalized spacial score (nSPS) is 13.4. The molecular formula is C31H48N4O6Si. The van der Waals surface area contributed by atoms with E-state index in [0.29, 0.717) is 34.9 Å². The highest BCUT2D eigenvalue weighted by Gasteiger charge is 2.40. The fourth-order valence-electron chi connectivity index (χ4n) is 4.12. The van der Waals surface area contributed by atoms with Crippen molar-refractivity contribution in [2.24, 2.45) is 0 Å². The number of carbonyl (C=O) groups excluding carboxylic acids is 1. The van der Waals surface area contributed by atoms with Gasteiger partial charge in [-0.3, -0.25) is 9.89 Å². The fourth-order valence-corrected chi connectivity index (χ4v) is 5.45. The summed E-state index contributed by atoms with van der Waals surface area (Å²) in [6.45, 7) is 21.0. The summed E-state index contributed by atoms with van der Waals surface area (Å²) in [6, 6.07) is 6.94. The summed E-state index contributed by atoms with van der Waals surface area (Å²) < 4.78 is 25.6. The van der Waals surface area contributed by atoms with Crippen LogP contribution in [0.5, 0.6) is 11.5 Å². The summed E-state index contributed by atoms with van der Waals surface area (Å²) in [4.78, 5) is 32.0. The van der Waals surface area contributed by atoms with Crippen molar-refractivity contribution in [1.29, 1.82) is 0 Å². The lowest BCUT2D eigenvalue weighted by atomic mass is 10.1. The van der Waals surface area contributed by atoms with E-state index in [0.717, 1.165) is 5.56 Å². The van der Waals surface area contributed by atoms with Crippen molar-refractivity contribution in [2.45, 2.75) is 91.1 Å². The van der Waals surface area contributed by atoms with Gasteiger partial charge >= 0.3 is 6.09 Å². The summed E-state index contributed by atoms with van der Waals surface area (Å²) in [5.41, 5.74) is 1.93. The number of H-pyrrole nitrogens is 1. The Morgan fingerprint density at radius 3 is 2.29 bits per heavy atom. The van der Waals surface area contributed by atoms with Crippen molar-refractivity contribution in [2.75, 3.05) is 27.3 Å². The lowest BCUT2D eigenvalue weighted by molar-refractivity contribution is 0.0172. The number of nitrogens with zero attached hydrogens (tertiary/aromatic N) is 3. The number of rotatable bonds is 10. The maximum absolute atomic E-state index is 12.9. The van der Waals surface area contributed by atoms with E-state index in [1.165, 1.54) is 15.5 Å². The zero-order valence-corrected chi connectivity index (χ0v) is 28.2. The standard InChI is InChI=1S/C31H48N4O6Si/c1-20(2)25-17-32-35-27(36)16-26(33-28(25)35)21-13-22(38-10)15-23(14-21)39-19-24(41-42(11,12)31(6,7)8)18-34(9)29(37)40-30(3,4)5/h13-17,20,24,32H,18-19H2,1-12H3. The number of carbonyl (C=O) groups is 1. The van der Waals surface area contributed by atoms with Crippen molar-refractivity contribution in [3.63, 3.8) is 0 Å². The highest BCUT2D eigenvalue weighted by molar-refractivity contribution is 6.74. The molecule has 0 aliphatic carbocycles. The van der Waals surface area contributed by atoms with Gasteiger partial charge in [0.2, 0.25) is 0 Å². The fraction of sp³-hybridized carbons (Fsp3) is 0.581. The van der Waals surface area contributed by atoms with Crippen LogP contribution >= 0.6 is 0 Å². The molecule has 232 valence electrons. The zero-order valence-electron chi connectivity index (χ0n) is 27.2. The highest BCUT2D eigenvalue weighted by atomic mass is 28.4. The Morgan fingerprint density at radius 2 is 1.71 bits per heavy atom. The zero-order chi connectivity index (χ0) is 31.6. The summed E-state index contributed by atoms with van der Waals surface area (Å²) in [7, 11) is 1.07. The molecule has 3 aromatic rings. The summed E-state index contributed by atoms with van der Waals surface area (Å²) in [6.07, 6.45) is 0.980. The number of fused-ring (bicyclic) bond motifs is 1. The number of aromatic nitrogens is 3. The van der Waals surface area contributed by atoms with E-state index in [9.17, 15) is 9.59 Å². The van der Waals surface area contributed by atoms with E-state index in [1.807, 2.05) is 39.1 Å². The maximum Gasteiger partial charge on any atom is 0.410 e. The van der Waals surface area contributed by atoms with Gasteiger partial charge in [-0.15, -0.1) is 0 Å². The molecule has 2 aromatic heterocycles. The van der Waals surface area contributed by atoms with E-state index in [1.54, 1.807) is 20.2 Å². The van der Waals surface area contributed by atoms with E-state index in [-0.39, 0.29) is 23.1 Å². The van der Waals surface area contributed by atoms with Crippen LogP contribution in [0.15, 0.2) is 35.3 Å².